The molecule has 1 aliphatic heterocycles. The minimum absolute atomic E-state index is 0.781. The summed E-state index contributed by atoms with van der Waals surface area (Å²) in [6.07, 6.45) is 6.11. The molecule has 0 fully saturated rings. The number of nitrogens with one attached hydrogen (secondary N) is 1. The summed E-state index contributed by atoms with van der Waals surface area (Å²) in [5.41, 5.74) is 1.88. The maximum Gasteiger partial charge on any atom is 0.170 e. The predicted octanol–water partition coefficient (Wildman–Crippen LogP) is 2.45. The number of halogens is 1. The van der Waals surface area contributed by atoms with Gasteiger partial charge in [0.15, 0.2) is 5.82 Å². The summed E-state index contributed by atoms with van der Waals surface area (Å²) in [6.45, 7) is 0.785. The van der Waals surface area contributed by atoms with Crippen LogP contribution in [-0.4, -0.2) is 31.3 Å². The number of anilines is 1. The molecule has 0 bridgehead atoms. The third kappa shape index (κ3) is 2.09. The van der Waals surface area contributed by atoms with Gasteiger partial charge in [-0.15, -0.1) is 10.2 Å². The maximum atomic E-state index is 4.44. The van der Waals surface area contributed by atoms with Crippen LogP contribution in [0.2, 0.25) is 0 Å². The van der Waals surface area contributed by atoms with Crippen LogP contribution in [0.4, 0.5) is 5.82 Å². The smallest absolute Gasteiger partial charge is 0.170 e. The summed E-state index contributed by atoms with van der Waals surface area (Å²) in [6, 6.07) is 5.90. The van der Waals surface area contributed by atoms with Gasteiger partial charge in [0, 0.05) is 41.6 Å². The first-order valence-corrected chi connectivity index (χ1v) is 7.37. The molecule has 7 heteroatoms. The van der Waals surface area contributed by atoms with Gasteiger partial charge < -0.3 is 5.32 Å². The van der Waals surface area contributed by atoms with Crippen molar-refractivity contribution in [2.24, 2.45) is 0 Å². The van der Waals surface area contributed by atoms with Gasteiger partial charge in [0.2, 0.25) is 0 Å². The Labute approximate surface area is 129 Å². The Morgan fingerprint density at radius 3 is 3.05 bits per heavy atom. The van der Waals surface area contributed by atoms with Crippen molar-refractivity contribution in [2.75, 3.05) is 11.9 Å². The standard InChI is InChI=1S/C14H11BrN6/c15-10-6-11-13(18-8-10)17-5-3-12-19-20-14(21(11)12)9-2-1-4-16-7-9/h1-2,4,6-8H,3,5H2,(H,17,18). The fraction of sp³-hybridized carbons (Fsp3) is 0.143. The van der Waals surface area contributed by atoms with Gasteiger partial charge in [-0.1, -0.05) is 0 Å². The van der Waals surface area contributed by atoms with Gasteiger partial charge in [-0.3, -0.25) is 9.55 Å². The number of fused-ring (bicyclic) bond motifs is 3. The Bertz CT molecular complexity index is 798. The molecule has 0 aromatic carbocycles. The van der Waals surface area contributed by atoms with E-state index in [4.69, 9.17) is 0 Å². The van der Waals surface area contributed by atoms with Gasteiger partial charge >= 0.3 is 0 Å². The highest BCUT2D eigenvalue weighted by molar-refractivity contribution is 9.10. The van der Waals surface area contributed by atoms with Crippen molar-refractivity contribution in [3.8, 4) is 17.1 Å². The Hall–Kier alpha value is -2.28. The molecule has 4 heterocycles. The highest BCUT2D eigenvalue weighted by atomic mass is 79.9. The highest BCUT2D eigenvalue weighted by Gasteiger charge is 2.21. The summed E-state index contributed by atoms with van der Waals surface area (Å²) in [7, 11) is 0. The number of hydrogen-bond donors (Lipinski definition) is 1. The summed E-state index contributed by atoms with van der Waals surface area (Å²) >= 11 is 3.48. The first-order chi connectivity index (χ1) is 10.3. The Kier molecular flexibility index (Phi) is 2.92. The van der Waals surface area contributed by atoms with E-state index < -0.39 is 0 Å². The zero-order valence-corrected chi connectivity index (χ0v) is 12.6. The lowest BCUT2D eigenvalue weighted by molar-refractivity contribution is 0.873. The molecule has 1 N–H and O–H groups in total. The summed E-state index contributed by atoms with van der Waals surface area (Å²) in [4.78, 5) is 8.61. The SMILES string of the molecule is Brc1cnc2c(c1)-n1c(nnc1-c1cccnc1)CCN2. The lowest BCUT2D eigenvalue weighted by atomic mass is 10.2. The van der Waals surface area contributed by atoms with E-state index in [1.165, 1.54) is 0 Å². The van der Waals surface area contributed by atoms with Gasteiger partial charge in [-0.2, -0.15) is 0 Å². The van der Waals surface area contributed by atoms with Crippen LogP contribution in [0, 0.1) is 0 Å². The van der Waals surface area contributed by atoms with Crippen LogP contribution in [0.3, 0.4) is 0 Å². The molecule has 0 saturated heterocycles. The van der Waals surface area contributed by atoms with Gasteiger partial charge in [-0.05, 0) is 34.1 Å². The second kappa shape index (κ2) is 4.92. The van der Waals surface area contributed by atoms with E-state index in [-0.39, 0.29) is 0 Å². The molecule has 3 aromatic heterocycles. The van der Waals surface area contributed by atoms with E-state index in [9.17, 15) is 0 Å². The number of pyridine rings is 2. The topological polar surface area (TPSA) is 68.5 Å². The number of rotatable bonds is 1. The second-order valence-corrected chi connectivity index (χ2v) is 5.63. The first kappa shape index (κ1) is 12.5. The average Bonchev–Trinajstić information content (AvgIpc) is 2.85. The molecule has 6 nitrogen and oxygen atoms in total. The molecule has 104 valence electrons. The summed E-state index contributed by atoms with van der Waals surface area (Å²) in [5.74, 6) is 2.53. The maximum absolute atomic E-state index is 4.44. The van der Waals surface area contributed by atoms with Gasteiger partial charge in [0.05, 0.1) is 5.69 Å². The molecule has 0 atom stereocenters. The van der Waals surface area contributed by atoms with Gasteiger partial charge in [0.25, 0.3) is 0 Å². The molecule has 0 radical (unpaired) electrons. The molecule has 4 rings (SSSR count). The molecule has 21 heavy (non-hydrogen) atoms. The van der Waals surface area contributed by atoms with E-state index >= 15 is 0 Å². The van der Waals surface area contributed by atoms with Crippen LogP contribution >= 0.6 is 15.9 Å². The van der Waals surface area contributed by atoms with Gasteiger partial charge in [-0.25, -0.2) is 4.98 Å². The minimum atomic E-state index is 0.781. The first-order valence-electron chi connectivity index (χ1n) is 6.57. The number of nitrogens with zero attached hydrogens (tertiary/aromatic N) is 5. The highest BCUT2D eigenvalue weighted by Crippen LogP contribution is 2.30. The molecule has 0 saturated carbocycles. The molecule has 0 amide bonds. The van der Waals surface area contributed by atoms with Crippen molar-refractivity contribution >= 4 is 21.7 Å². The minimum Gasteiger partial charge on any atom is -0.368 e. The Morgan fingerprint density at radius 1 is 1.24 bits per heavy atom. The molecule has 0 spiro atoms. The molecular formula is C14H11BrN6. The lowest BCUT2D eigenvalue weighted by Crippen LogP contribution is -2.04. The molecule has 1 aliphatic rings. The van der Waals surface area contributed by atoms with Crippen LogP contribution in [0.15, 0.2) is 41.3 Å². The zero-order chi connectivity index (χ0) is 14.2. The van der Waals surface area contributed by atoms with E-state index in [0.29, 0.717) is 0 Å². The van der Waals surface area contributed by atoms with Crippen LogP contribution < -0.4 is 5.32 Å². The third-order valence-corrected chi connectivity index (χ3v) is 3.80. The molecule has 0 unspecified atom stereocenters. The van der Waals surface area contributed by atoms with Crippen molar-refractivity contribution in [1.29, 1.82) is 0 Å². The fourth-order valence-corrected chi connectivity index (χ4v) is 2.76. The van der Waals surface area contributed by atoms with Crippen LogP contribution in [-0.2, 0) is 6.42 Å². The molecular weight excluding hydrogens is 332 g/mol. The van der Waals surface area contributed by atoms with Crippen molar-refractivity contribution < 1.29 is 0 Å². The fourth-order valence-electron chi connectivity index (χ4n) is 2.44. The van der Waals surface area contributed by atoms with Gasteiger partial charge in [0.1, 0.15) is 11.6 Å². The predicted molar refractivity (Wildman–Crippen MR) is 82.3 cm³/mol. The van der Waals surface area contributed by atoms with Crippen LogP contribution in [0.1, 0.15) is 5.82 Å². The van der Waals surface area contributed by atoms with Crippen molar-refractivity contribution in [2.45, 2.75) is 6.42 Å². The molecule has 3 aromatic rings. The quantitative estimate of drug-likeness (QED) is 0.735. The number of aromatic nitrogens is 5. The average molecular weight is 343 g/mol. The van der Waals surface area contributed by atoms with E-state index in [0.717, 1.165) is 46.2 Å². The normalized spacial score (nSPS) is 13.0. The zero-order valence-electron chi connectivity index (χ0n) is 11.0. The van der Waals surface area contributed by atoms with Crippen LogP contribution in [0.5, 0.6) is 0 Å². The number of hydrogen-bond acceptors (Lipinski definition) is 5. The summed E-state index contributed by atoms with van der Waals surface area (Å²) < 4.78 is 2.96. The Morgan fingerprint density at radius 2 is 2.19 bits per heavy atom. The lowest BCUT2D eigenvalue weighted by Gasteiger charge is -2.11. The van der Waals surface area contributed by atoms with Crippen molar-refractivity contribution in [1.82, 2.24) is 24.7 Å². The van der Waals surface area contributed by atoms with E-state index in [1.54, 1.807) is 18.6 Å². The van der Waals surface area contributed by atoms with Crippen molar-refractivity contribution in [3.05, 3.63) is 47.1 Å². The van der Waals surface area contributed by atoms with Crippen molar-refractivity contribution in [3.63, 3.8) is 0 Å². The summed E-state index contributed by atoms with van der Waals surface area (Å²) in [5, 5.41) is 12.0. The molecule has 0 aliphatic carbocycles. The Balaban J connectivity index is 1.99. The van der Waals surface area contributed by atoms with E-state index in [1.807, 2.05) is 22.8 Å². The second-order valence-electron chi connectivity index (χ2n) is 4.71. The van der Waals surface area contributed by atoms with E-state index in [2.05, 4.69) is 41.4 Å². The largest absolute Gasteiger partial charge is 0.368 e. The third-order valence-electron chi connectivity index (χ3n) is 3.37. The van der Waals surface area contributed by atoms with Crippen LogP contribution in [0.25, 0.3) is 17.1 Å². The monoisotopic (exact) mass is 342 g/mol.